The topological polar surface area (TPSA) is 26.0 Å². The summed E-state index contributed by atoms with van der Waals surface area (Å²) in [6.45, 7) is 4.36. The van der Waals surface area contributed by atoms with Crippen molar-refractivity contribution < 1.29 is 0 Å². The quantitative estimate of drug-likeness (QED) is 0.683. The van der Waals surface area contributed by atoms with Gasteiger partial charge in [0.25, 0.3) is 0 Å². The SMILES string of the molecule is C=C1c2cccn2-c2cc(-c3cnn(C)c3)ccc2C2(CC2)N1C. The molecule has 0 N–H and O–H groups in total. The minimum Gasteiger partial charge on any atom is -0.364 e. The van der Waals surface area contributed by atoms with Gasteiger partial charge in [-0.05, 0) is 36.6 Å². The summed E-state index contributed by atoms with van der Waals surface area (Å²) in [4.78, 5) is 2.37. The van der Waals surface area contributed by atoms with Gasteiger partial charge in [-0.15, -0.1) is 0 Å². The summed E-state index contributed by atoms with van der Waals surface area (Å²) >= 11 is 0. The van der Waals surface area contributed by atoms with E-state index in [9.17, 15) is 0 Å². The summed E-state index contributed by atoms with van der Waals surface area (Å²) in [7, 11) is 4.13. The molecule has 0 unspecified atom stereocenters. The summed E-state index contributed by atoms with van der Waals surface area (Å²) in [5.41, 5.74) is 7.39. The summed E-state index contributed by atoms with van der Waals surface area (Å²) < 4.78 is 4.13. The van der Waals surface area contributed by atoms with E-state index in [1.165, 1.54) is 35.3 Å². The largest absolute Gasteiger partial charge is 0.364 e. The van der Waals surface area contributed by atoms with E-state index in [0.717, 1.165) is 11.3 Å². The van der Waals surface area contributed by atoms with Crippen LogP contribution < -0.4 is 0 Å². The molecule has 0 atom stereocenters. The van der Waals surface area contributed by atoms with Crippen molar-refractivity contribution >= 4 is 5.70 Å². The third-order valence-corrected chi connectivity index (χ3v) is 5.61. The lowest BCUT2D eigenvalue weighted by Crippen LogP contribution is -2.28. The number of aryl methyl sites for hydroxylation is 1. The molecule has 3 heterocycles. The van der Waals surface area contributed by atoms with E-state index in [1.54, 1.807) is 0 Å². The zero-order valence-corrected chi connectivity index (χ0v) is 14.0. The van der Waals surface area contributed by atoms with E-state index >= 15 is 0 Å². The van der Waals surface area contributed by atoms with Crippen LogP contribution in [0.1, 0.15) is 24.1 Å². The Bertz CT molecular complexity index is 971. The smallest absolute Gasteiger partial charge is 0.0684 e. The zero-order chi connectivity index (χ0) is 16.5. The predicted molar refractivity (Wildman–Crippen MR) is 95.7 cm³/mol. The number of aromatic nitrogens is 3. The van der Waals surface area contributed by atoms with Gasteiger partial charge in [-0.3, -0.25) is 4.68 Å². The van der Waals surface area contributed by atoms with Gasteiger partial charge in [0.1, 0.15) is 0 Å². The minimum absolute atomic E-state index is 0.110. The van der Waals surface area contributed by atoms with Crippen molar-refractivity contribution in [3.8, 4) is 16.8 Å². The first-order chi connectivity index (χ1) is 11.6. The maximum Gasteiger partial charge on any atom is 0.0684 e. The number of fused-ring (bicyclic) bond motifs is 4. The summed E-state index contributed by atoms with van der Waals surface area (Å²) in [5.74, 6) is 0. The molecule has 1 spiro atoms. The molecule has 0 saturated heterocycles. The lowest BCUT2D eigenvalue weighted by Gasteiger charge is -2.30. The summed E-state index contributed by atoms with van der Waals surface area (Å²) in [6, 6.07) is 11.1. The van der Waals surface area contributed by atoms with Crippen LogP contribution in [0.2, 0.25) is 0 Å². The fourth-order valence-corrected chi connectivity index (χ4v) is 4.03. The summed E-state index contributed by atoms with van der Waals surface area (Å²) in [5, 5.41) is 4.31. The van der Waals surface area contributed by atoms with Gasteiger partial charge in [-0.25, -0.2) is 0 Å². The highest BCUT2D eigenvalue weighted by Gasteiger charge is 2.51. The highest BCUT2D eigenvalue weighted by atomic mass is 15.3. The number of nitrogens with zero attached hydrogens (tertiary/aromatic N) is 4. The molecular formula is C20H20N4. The Labute approximate surface area is 141 Å². The predicted octanol–water partition coefficient (Wildman–Crippen LogP) is 3.78. The maximum absolute atomic E-state index is 4.36. The van der Waals surface area contributed by atoms with Gasteiger partial charge in [0, 0.05) is 37.6 Å². The number of hydrogen-bond donors (Lipinski definition) is 0. The Morgan fingerprint density at radius 3 is 2.67 bits per heavy atom. The van der Waals surface area contributed by atoms with Crippen LogP contribution in [0, 0.1) is 0 Å². The second kappa shape index (κ2) is 4.41. The molecule has 0 radical (unpaired) electrons. The van der Waals surface area contributed by atoms with Crippen LogP contribution in [0.4, 0.5) is 0 Å². The average molecular weight is 316 g/mol. The lowest BCUT2D eigenvalue weighted by atomic mass is 9.97. The summed E-state index contributed by atoms with van der Waals surface area (Å²) in [6.07, 6.45) is 8.50. The number of rotatable bonds is 1. The normalized spacial score (nSPS) is 17.6. The van der Waals surface area contributed by atoms with Gasteiger partial charge >= 0.3 is 0 Å². The van der Waals surface area contributed by atoms with Crippen molar-refractivity contribution in [2.45, 2.75) is 18.4 Å². The van der Waals surface area contributed by atoms with Crippen LogP contribution in [0.25, 0.3) is 22.5 Å². The zero-order valence-electron chi connectivity index (χ0n) is 14.0. The molecule has 0 bridgehead atoms. The number of hydrogen-bond acceptors (Lipinski definition) is 2. The van der Waals surface area contributed by atoms with Crippen molar-refractivity contribution in [3.63, 3.8) is 0 Å². The molecule has 4 nitrogen and oxygen atoms in total. The first-order valence-electron chi connectivity index (χ1n) is 8.34. The molecule has 3 aromatic rings. The Kier molecular flexibility index (Phi) is 2.51. The molecule has 2 aromatic heterocycles. The van der Waals surface area contributed by atoms with Gasteiger partial charge < -0.3 is 9.47 Å². The molecule has 5 rings (SSSR count). The van der Waals surface area contributed by atoms with Crippen LogP contribution in [0.3, 0.4) is 0 Å². The standard InChI is InChI=1S/C20H20N4/c1-14-18-5-4-10-24(18)19-11-15(16-12-21-22(2)13-16)6-7-17(19)20(8-9-20)23(14)3/h4-7,10-13H,1,8-9H2,2-3H3. The number of benzene rings is 1. The van der Waals surface area contributed by atoms with Crippen molar-refractivity contribution in [1.29, 1.82) is 0 Å². The monoisotopic (exact) mass is 316 g/mol. The highest BCUT2D eigenvalue weighted by Crippen LogP contribution is 2.56. The third-order valence-electron chi connectivity index (χ3n) is 5.61. The fourth-order valence-electron chi connectivity index (χ4n) is 4.03. The van der Waals surface area contributed by atoms with Gasteiger partial charge in [-0.2, -0.15) is 5.10 Å². The van der Waals surface area contributed by atoms with E-state index in [1.807, 2.05) is 17.9 Å². The van der Waals surface area contributed by atoms with E-state index < -0.39 is 0 Å². The Morgan fingerprint density at radius 2 is 1.96 bits per heavy atom. The molecule has 1 saturated carbocycles. The van der Waals surface area contributed by atoms with Crippen LogP contribution >= 0.6 is 0 Å². The Hall–Kier alpha value is -2.75. The van der Waals surface area contributed by atoms with Crippen molar-refractivity contribution in [2.75, 3.05) is 7.05 Å². The molecule has 2 aliphatic rings. The molecular weight excluding hydrogens is 296 g/mol. The van der Waals surface area contributed by atoms with Gasteiger partial charge in [0.05, 0.1) is 28.8 Å². The van der Waals surface area contributed by atoms with Crippen LogP contribution in [-0.4, -0.2) is 26.3 Å². The van der Waals surface area contributed by atoms with Crippen molar-refractivity contribution in [2.24, 2.45) is 7.05 Å². The third kappa shape index (κ3) is 1.65. The molecule has 1 aromatic carbocycles. The van der Waals surface area contributed by atoms with Crippen LogP contribution in [0.15, 0.2) is 55.5 Å². The van der Waals surface area contributed by atoms with Gasteiger partial charge in [0.2, 0.25) is 0 Å². The van der Waals surface area contributed by atoms with Crippen LogP contribution in [0.5, 0.6) is 0 Å². The molecule has 1 fully saturated rings. The minimum atomic E-state index is 0.110. The second-order valence-corrected chi connectivity index (χ2v) is 6.94. The van der Waals surface area contributed by atoms with Gasteiger partial charge in [0.15, 0.2) is 0 Å². The molecule has 24 heavy (non-hydrogen) atoms. The first kappa shape index (κ1) is 13.7. The van der Waals surface area contributed by atoms with E-state index in [-0.39, 0.29) is 5.54 Å². The molecule has 1 aliphatic carbocycles. The Balaban J connectivity index is 1.78. The van der Waals surface area contributed by atoms with E-state index in [4.69, 9.17) is 0 Å². The highest BCUT2D eigenvalue weighted by molar-refractivity contribution is 5.72. The fraction of sp³-hybridized carbons (Fsp3) is 0.250. The van der Waals surface area contributed by atoms with Crippen LogP contribution in [-0.2, 0) is 12.6 Å². The van der Waals surface area contributed by atoms with Crippen molar-refractivity contribution in [3.05, 3.63) is 66.8 Å². The van der Waals surface area contributed by atoms with E-state index in [0.29, 0.717) is 0 Å². The average Bonchev–Trinajstić information content (AvgIpc) is 3.05. The molecule has 120 valence electrons. The van der Waals surface area contributed by atoms with Gasteiger partial charge in [-0.1, -0.05) is 18.7 Å². The maximum atomic E-state index is 4.36. The molecule has 1 aliphatic heterocycles. The first-order valence-corrected chi connectivity index (χ1v) is 8.34. The Morgan fingerprint density at radius 1 is 1.12 bits per heavy atom. The van der Waals surface area contributed by atoms with E-state index in [2.05, 4.69) is 70.9 Å². The molecule has 4 heteroatoms. The second-order valence-electron chi connectivity index (χ2n) is 6.94. The molecule has 0 amide bonds. The lowest BCUT2D eigenvalue weighted by molar-refractivity contribution is 0.335. The van der Waals surface area contributed by atoms with Crippen molar-refractivity contribution in [1.82, 2.24) is 19.2 Å².